The van der Waals surface area contributed by atoms with Crippen molar-refractivity contribution in [2.24, 2.45) is 5.92 Å². The van der Waals surface area contributed by atoms with Gasteiger partial charge in [0.1, 0.15) is 5.82 Å². The van der Waals surface area contributed by atoms with Crippen LogP contribution >= 0.6 is 0 Å². The predicted molar refractivity (Wildman–Crippen MR) is 70.1 cm³/mol. The first-order valence-corrected chi connectivity index (χ1v) is 6.44. The van der Waals surface area contributed by atoms with Crippen molar-refractivity contribution in [1.82, 2.24) is 9.97 Å². The van der Waals surface area contributed by atoms with Crippen molar-refractivity contribution in [2.75, 3.05) is 31.7 Å². The number of anilines is 1. The number of aromatic nitrogens is 2. The molecule has 1 fully saturated rings. The molecule has 6 nitrogen and oxygen atoms in total. The SMILES string of the molecule is COC(=O)c1nc(C)cc(N2CCC(CCO)C2)n1. The summed E-state index contributed by atoms with van der Waals surface area (Å²) in [6, 6.07) is 1.87. The van der Waals surface area contributed by atoms with Crippen molar-refractivity contribution in [2.45, 2.75) is 19.8 Å². The molecule has 1 saturated heterocycles. The van der Waals surface area contributed by atoms with Gasteiger partial charge in [0.25, 0.3) is 0 Å². The number of aliphatic hydroxyl groups is 1. The average Bonchev–Trinajstić information content (AvgIpc) is 2.86. The highest BCUT2D eigenvalue weighted by Crippen LogP contribution is 2.24. The van der Waals surface area contributed by atoms with Gasteiger partial charge in [-0.1, -0.05) is 0 Å². The van der Waals surface area contributed by atoms with Crippen LogP contribution in [-0.2, 0) is 4.74 Å². The van der Waals surface area contributed by atoms with Crippen LogP contribution in [0.25, 0.3) is 0 Å². The van der Waals surface area contributed by atoms with Crippen molar-refractivity contribution >= 4 is 11.8 Å². The van der Waals surface area contributed by atoms with Crippen LogP contribution < -0.4 is 4.90 Å². The molecule has 1 N–H and O–H groups in total. The van der Waals surface area contributed by atoms with E-state index in [0.29, 0.717) is 5.92 Å². The fourth-order valence-electron chi connectivity index (χ4n) is 2.36. The van der Waals surface area contributed by atoms with Gasteiger partial charge in [0.05, 0.1) is 7.11 Å². The number of ether oxygens (including phenoxy) is 1. The molecule has 1 aliphatic heterocycles. The number of carbonyl (C=O) groups excluding carboxylic acids is 1. The highest BCUT2D eigenvalue weighted by atomic mass is 16.5. The molecule has 1 aromatic rings. The third kappa shape index (κ3) is 3.20. The standard InChI is InChI=1S/C13H19N3O3/c1-9-7-11(15-12(14-9)13(18)19-2)16-5-3-10(8-16)4-6-17/h7,10,17H,3-6,8H2,1-2H3. The Bertz CT molecular complexity index is 464. The minimum atomic E-state index is -0.518. The number of esters is 1. The predicted octanol–water partition coefficient (Wildman–Crippen LogP) is 0.780. The maximum atomic E-state index is 11.5. The van der Waals surface area contributed by atoms with Gasteiger partial charge < -0.3 is 14.7 Å². The lowest BCUT2D eigenvalue weighted by Gasteiger charge is -2.18. The van der Waals surface area contributed by atoms with Gasteiger partial charge in [-0.05, 0) is 25.7 Å². The number of methoxy groups -OCH3 is 1. The van der Waals surface area contributed by atoms with E-state index in [9.17, 15) is 4.79 Å². The lowest BCUT2D eigenvalue weighted by atomic mass is 10.1. The highest BCUT2D eigenvalue weighted by molar-refractivity contribution is 5.85. The zero-order valence-electron chi connectivity index (χ0n) is 11.3. The summed E-state index contributed by atoms with van der Waals surface area (Å²) in [4.78, 5) is 22.0. The van der Waals surface area contributed by atoms with Crippen LogP contribution in [0, 0.1) is 12.8 Å². The van der Waals surface area contributed by atoms with Crippen LogP contribution in [0.5, 0.6) is 0 Å². The third-order valence-electron chi connectivity index (χ3n) is 3.36. The number of hydrogen-bond donors (Lipinski definition) is 1. The molecule has 1 aromatic heterocycles. The molecule has 6 heteroatoms. The van der Waals surface area contributed by atoms with Crippen molar-refractivity contribution in [3.05, 3.63) is 17.6 Å². The molecule has 1 aliphatic rings. The molecule has 0 aromatic carbocycles. The van der Waals surface area contributed by atoms with E-state index in [1.54, 1.807) is 0 Å². The van der Waals surface area contributed by atoms with E-state index in [1.165, 1.54) is 7.11 Å². The number of hydrogen-bond acceptors (Lipinski definition) is 6. The maximum absolute atomic E-state index is 11.5. The van der Waals surface area contributed by atoms with Crippen LogP contribution in [0.4, 0.5) is 5.82 Å². The molecule has 104 valence electrons. The van der Waals surface area contributed by atoms with Crippen LogP contribution in [0.2, 0.25) is 0 Å². The molecular formula is C13H19N3O3. The van der Waals surface area contributed by atoms with Crippen molar-refractivity contribution in [3.63, 3.8) is 0 Å². The molecule has 0 spiro atoms. The summed E-state index contributed by atoms with van der Waals surface area (Å²) < 4.78 is 4.65. The molecular weight excluding hydrogens is 246 g/mol. The van der Waals surface area contributed by atoms with Gasteiger partial charge in [0, 0.05) is 31.5 Å². The van der Waals surface area contributed by atoms with Gasteiger partial charge in [-0.2, -0.15) is 0 Å². The quantitative estimate of drug-likeness (QED) is 0.811. The first-order chi connectivity index (χ1) is 9.13. The normalized spacial score (nSPS) is 18.7. The summed E-state index contributed by atoms with van der Waals surface area (Å²) in [5, 5.41) is 8.97. The van der Waals surface area contributed by atoms with E-state index < -0.39 is 5.97 Å². The summed E-state index contributed by atoms with van der Waals surface area (Å²) in [7, 11) is 1.32. The first-order valence-electron chi connectivity index (χ1n) is 6.44. The highest BCUT2D eigenvalue weighted by Gasteiger charge is 2.24. The summed E-state index contributed by atoms with van der Waals surface area (Å²) in [6.45, 7) is 3.80. The molecule has 2 heterocycles. The van der Waals surface area contributed by atoms with Gasteiger partial charge in [0.15, 0.2) is 0 Å². The Labute approximate surface area is 112 Å². The summed E-state index contributed by atoms with van der Waals surface area (Å²) in [5.74, 6) is 0.828. The van der Waals surface area contributed by atoms with Crippen LogP contribution in [0.3, 0.4) is 0 Å². The topological polar surface area (TPSA) is 75.5 Å². The number of nitrogens with zero attached hydrogens (tertiary/aromatic N) is 3. The summed E-state index contributed by atoms with van der Waals surface area (Å²) in [6.07, 6.45) is 1.85. The fourth-order valence-corrected chi connectivity index (χ4v) is 2.36. The van der Waals surface area contributed by atoms with Gasteiger partial charge in [-0.15, -0.1) is 0 Å². The average molecular weight is 265 g/mol. The molecule has 2 rings (SSSR count). The number of rotatable bonds is 4. The van der Waals surface area contributed by atoms with Crippen molar-refractivity contribution < 1.29 is 14.6 Å². The Morgan fingerprint density at radius 3 is 3.05 bits per heavy atom. The second kappa shape index (κ2) is 5.97. The van der Waals surface area contributed by atoms with E-state index in [-0.39, 0.29) is 12.4 Å². The summed E-state index contributed by atoms with van der Waals surface area (Å²) in [5.41, 5.74) is 0.746. The molecule has 1 unspecified atom stereocenters. The van der Waals surface area contributed by atoms with Crippen molar-refractivity contribution in [1.29, 1.82) is 0 Å². The van der Waals surface area contributed by atoms with E-state index >= 15 is 0 Å². The molecule has 0 saturated carbocycles. The van der Waals surface area contributed by atoms with E-state index in [2.05, 4.69) is 19.6 Å². The smallest absolute Gasteiger partial charge is 0.376 e. The van der Waals surface area contributed by atoms with E-state index in [4.69, 9.17) is 5.11 Å². The lowest BCUT2D eigenvalue weighted by molar-refractivity contribution is 0.0586. The molecule has 0 amide bonds. The maximum Gasteiger partial charge on any atom is 0.376 e. The molecule has 0 bridgehead atoms. The van der Waals surface area contributed by atoms with Gasteiger partial charge in [-0.3, -0.25) is 0 Å². The first kappa shape index (κ1) is 13.7. The molecule has 0 radical (unpaired) electrons. The Kier molecular flexibility index (Phi) is 4.31. The largest absolute Gasteiger partial charge is 0.463 e. The zero-order valence-corrected chi connectivity index (χ0v) is 11.3. The fraction of sp³-hybridized carbons (Fsp3) is 0.615. The molecule has 1 atom stereocenters. The van der Waals surface area contributed by atoms with Gasteiger partial charge in [-0.25, -0.2) is 14.8 Å². The minimum Gasteiger partial charge on any atom is -0.463 e. The second-order valence-electron chi connectivity index (χ2n) is 4.80. The number of carbonyl (C=O) groups is 1. The summed E-state index contributed by atoms with van der Waals surface area (Å²) >= 11 is 0. The van der Waals surface area contributed by atoms with Crippen molar-refractivity contribution in [3.8, 4) is 0 Å². The number of aliphatic hydroxyl groups excluding tert-OH is 1. The van der Waals surface area contributed by atoms with Gasteiger partial charge in [0.2, 0.25) is 5.82 Å². The minimum absolute atomic E-state index is 0.100. The zero-order chi connectivity index (χ0) is 13.8. The van der Waals surface area contributed by atoms with Gasteiger partial charge >= 0.3 is 5.97 Å². The molecule has 19 heavy (non-hydrogen) atoms. The Morgan fingerprint density at radius 2 is 2.37 bits per heavy atom. The van der Waals surface area contributed by atoms with Crippen LogP contribution in [0.15, 0.2) is 6.07 Å². The van der Waals surface area contributed by atoms with Crippen LogP contribution in [-0.4, -0.2) is 47.8 Å². The Hall–Kier alpha value is -1.69. The van der Waals surface area contributed by atoms with E-state index in [0.717, 1.165) is 37.4 Å². The van der Waals surface area contributed by atoms with E-state index in [1.807, 2.05) is 13.0 Å². The van der Waals surface area contributed by atoms with Crippen LogP contribution in [0.1, 0.15) is 29.2 Å². The third-order valence-corrected chi connectivity index (χ3v) is 3.36. The number of aryl methyl sites for hydroxylation is 1. The monoisotopic (exact) mass is 265 g/mol. The molecule has 0 aliphatic carbocycles. The second-order valence-corrected chi connectivity index (χ2v) is 4.80. The Morgan fingerprint density at radius 1 is 1.58 bits per heavy atom. The lowest BCUT2D eigenvalue weighted by Crippen LogP contribution is -2.23. The Balaban J connectivity index is 2.16.